The highest BCUT2D eigenvalue weighted by atomic mass is 16.5. The van der Waals surface area contributed by atoms with E-state index in [0.29, 0.717) is 24.3 Å². The molecule has 0 radical (unpaired) electrons. The van der Waals surface area contributed by atoms with Gasteiger partial charge in [-0.15, -0.1) is 0 Å². The van der Waals surface area contributed by atoms with Gasteiger partial charge in [-0.25, -0.2) is 0 Å². The second kappa shape index (κ2) is 11.1. The minimum absolute atomic E-state index is 0.229. The molecule has 2 aromatic carbocycles. The topological polar surface area (TPSA) is 52.6 Å². The van der Waals surface area contributed by atoms with Crippen LogP contribution in [0.5, 0.6) is 11.5 Å². The third kappa shape index (κ3) is 5.30. The van der Waals surface area contributed by atoms with Crippen LogP contribution in [0.25, 0.3) is 0 Å². The number of benzene rings is 2. The van der Waals surface area contributed by atoms with Gasteiger partial charge in [0.15, 0.2) is 0 Å². The van der Waals surface area contributed by atoms with E-state index in [1.165, 1.54) is 22.3 Å². The van der Waals surface area contributed by atoms with Gasteiger partial charge in [-0.3, -0.25) is 9.59 Å². The van der Waals surface area contributed by atoms with E-state index in [1.807, 2.05) is 38.1 Å². The average Bonchev–Trinajstić information content (AvgIpc) is 3.45. The van der Waals surface area contributed by atoms with Crippen molar-refractivity contribution in [2.75, 3.05) is 0 Å². The van der Waals surface area contributed by atoms with Crippen LogP contribution in [0.3, 0.4) is 0 Å². The van der Waals surface area contributed by atoms with Gasteiger partial charge in [0.05, 0.1) is 12.8 Å². The molecule has 0 atom stereocenters. The maximum Gasteiger partial charge on any atom is 0.315 e. The van der Waals surface area contributed by atoms with E-state index < -0.39 is 0 Å². The first-order valence-corrected chi connectivity index (χ1v) is 13.7. The van der Waals surface area contributed by atoms with E-state index in [1.54, 1.807) is 0 Å². The second-order valence-electron chi connectivity index (χ2n) is 10.8. The third-order valence-corrected chi connectivity index (χ3v) is 8.61. The van der Waals surface area contributed by atoms with Gasteiger partial charge in [0.2, 0.25) is 0 Å². The zero-order chi connectivity index (χ0) is 26.7. The summed E-state index contributed by atoms with van der Waals surface area (Å²) < 4.78 is 12.1. The summed E-state index contributed by atoms with van der Waals surface area (Å²) in [5.41, 5.74) is 8.89. The third-order valence-electron chi connectivity index (χ3n) is 8.61. The van der Waals surface area contributed by atoms with Crippen LogP contribution in [-0.4, -0.2) is 11.9 Å². The molecule has 0 heterocycles. The number of aryl methyl sites for hydroxylation is 2. The number of allylic oxidation sites excluding steroid dienone is 2. The molecule has 0 aliphatic heterocycles. The first-order chi connectivity index (χ1) is 17.7. The molecule has 0 N–H and O–H groups in total. The number of hydrogen-bond acceptors (Lipinski definition) is 4. The van der Waals surface area contributed by atoms with Crippen LogP contribution in [0.1, 0.15) is 102 Å². The molecule has 4 nitrogen and oxygen atoms in total. The lowest BCUT2D eigenvalue weighted by Crippen LogP contribution is -2.24. The maximum absolute atomic E-state index is 13.0. The van der Waals surface area contributed by atoms with Crippen LogP contribution in [0.2, 0.25) is 0 Å². The zero-order valence-electron chi connectivity index (χ0n) is 23.3. The Hall–Kier alpha value is -3.14. The van der Waals surface area contributed by atoms with Crippen LogP contribution in [0, 0.1) is 0 Å². The summed E-state index contributed by atoms with van der Waals surface area (Å²) >= 11 is 0. The quantitative estimate of drug-likeness (QED) is 0.210. The fraction of sp³-hybridized carbons (Fsp3) is 0.455. The number of carbonyl (C=O) groups is 2. The molecule has 2 aliphatic rings. The number of rotatable bonds is 8. The molecule has 0 saturated heterocycles. The molecule has 4 heteroatoms. The molecule has 196 valence electrons. The number of hydrogen-bond donors (Lipinski definition) is 0. The van der Waals surface area contributed by atoms with Crippen molar-refractivity contribution in [3.8, 4) is 11.5 Å². The maximum atomic E-state index is 13.0. The van der Waals surface area contributed by atoms with E-state index >= 15 is 0 Å². The summed E-state index contributed by atoms with van der Waals surface area (Å²) in [6, 6.07) is 12.1. The summed E-state index contributed by atoms with van der Waals surface area (Å²) in [5, 5.41) is 0. The average molecular weight is 501 g/mol. The van der Waals surface area contributed by atoms with Gasteiger partial charge in [-0.1, -0.05) is 60.4 Å². The number of ether oxygens (including phenoxy) is 2. The smallest absolute Gasteiger partial charge is 0.315 e. The molecule has 0 unspecified atom stereocenters. The number of esters is 2. The van der Waals surface area contributed by atoms with E-state index in [0.717, 1.165) is 60.8 Å². The molecular formula is C33H40O4. The SMILES string of the molecule is CC/C(C)=C(\C)CC(=O)Oc1cccc2c1C1(CC2)CCc2cccc(OC(=O)C/C(C)=C(\C)CC)c21. The Morgan fingerprint density at radius 3 is 1.46 bits per heavy atom. The van der Waals surface area contributed by atoms with Crippen molar-refractivity contribution in [2.24, 2.45) is 0 Å². The minimum Gasteiger partial charge on any atom is -0.426 e. The lowest BCUT2D eigenvalue weighted by Gasteiger charge is -2.29. The van der Waals surface area contributed by atoms with E-state index in [4.69, 9.17) is 9.47 Å². The molecular weight excluding hydrogens is 460 g/mol. The van der Waals surface area contributed by atoms with Gasteiger partial charge in [-0.2, -0.15) is 0 Å². The predicted molar refractivity (Wildman–Crippen MR) is 148 cm³/mol. The molecule has 4 rings (SSSR count). The summed E-state index contributed by atoms with van der Waals surface area (Å²) in [6.07, 6.45) is 6.09. The number of carbonyl (C=O) groups excluding carboxylic acids is 2. The van der Waals surface area contributed by atoms with Gasteiger partial charge in [0.1, 0.15) is 11.5 Å². The standard InChI is InChI=1S/C33H40O4/c1-7-21(3)23(5)19-29(34)36-27-13-9-11-25-15-17-33(31(25)27)18-16-26-12-10-14-28(32(26)33)37-30(35)20-24(6)22(4)8-2/h9-14H,7-8,15-20H2,1-6H3/b23-21+,24-22+. The summed E-state index contributed by atoms with van der Waals surface area (Å²) in [6.45, 7) is 12.3. The first-order valence-electron chi connectivity index (χ1n) is 13.7. The summed E-state index contributed by atoms with van der Waals surface area (Å²) in [4.78, 5) is 25.9. The molecule has 2 aromatic rings. The lowest BCUT2D eigenvalue weighted by molar-refractivity contribution is -0.134. The van der Waals surface area contributed by atoms with Crippen LogP contribution in [-0.2, 0) is 27.8 Å². The minimum atomic E-state index is -0.313. The van der Waals surface area contributed by atoms with Crippen molar-refractivity contribution in [1.82, 2.24) is 0 Å². The predicted octanol–water partition coefficient (Wildman–Crippen LogP) is 7.95. The molecule has 1 spiro atoms. The zero-order valence-corrected chi connectivity index (χ0v) is 23.3. The van der Waals surface area contributed by atoms with E-state index in [9.17, 15) is 9.59 Å². The van der Waals surface area contributed by atoms with Crippen LogP contribution < -0.4 is 9.47 Å². The monoisotopic (exact) mass is 500 g/mol. The van der Waals surface area contributed by atoms with E-state index in [-0.39, 0.29) is 17.4 Å². The van der Waals surface area contributed by atoms with Gasteiger partial charge in [0.25, 0.3) is 0 Å². The van der Waals surface area contributed by atoms with Crippen molar-refractivity contribution in [3.05, 3.63) is 80.9 Å². The Morgan fingerprint density at radius 1 is 0.676 bits per heavy atom. The Morgan fingerprint density at radius 2 is 1.08 bits per heavy atom. The fourth-order valence-corrected chi connectivity index (χ4v) is 5.93. The van der Waals surface area contributed by atoms with Crippen LogP contribution >= 0.6 is 0 Å². The first kappa shape index (κ1) is 26.9. The molecule has 0 aromatic heterocycles. The van der Waals surface area contributed by atoms with Gasteiger partial charge in [-0.05, 0) is 89.5 Å². The second-order valence-corrected chi connectivity index (χ2v) is 10.8. The lowest BCUT2D eigenvalue weighted by atomic mass is 9.76. The molecule has 37 heavy (non-hydrogen) atoms. The van der Waals surface area contributed by atoms with Crippen LogP contribution in [0.15, 0.2) is 58.7 Å². The van der Waals surface area contributed by atoms with Crippen molar-refractivity contribution >= 4 is 11.9 Å². The van der Waals surface area contributed by atoms with E-state index in [2.05, 4.69) is 39.8 Å². The number of fused-ring (bicyclic) bond motifs is 4. The van der Waals surface area contributed by atoms with Gasteiger partial charge < -0.3 is 9.47 Å². The Balaban J connectivity index is 1.69. The Bertz CT molecular complexity index is 1180. The van der Waals surface area contributed by atoms with Crippen molar-refractivity contribution in [1.29, 1.82) is 0 Å². The van der Waals surface area contributed by atoms with Crippen molar-refractivity contribution in [2.45, 2.75) is 98.3 Å². The summed E-state index contributed by atoms with van der Waals surface area (Å²) in [7, 11) is 0. The normalized spacial score (nSPS) is 16.6. The molecule has 0 saturated carbocycles. The highest BCUT2D eigenvalue weighted by Crippen LogP contribution is 2.57. The van der Waals surface area contributed by atoms with Crippen LogP contribution in [0.4, 0.5) is 0 Å². The van der Waals surface area contributed by atoms with Crippen molar-refractivity contribution in [3.63, 3.8) is 0 Å². The van der Waals surface area contributed by atoms with Crippen molar-refractivity contribution < 1.29 is 19.1 Å². The largest absolute Gasteiger partial charge is 0.426 e. The molecule has 0 bridgehead atoms. The molecule has 0 amide bonds. The molecule has 2 aliphatic carbocycles. The van der Waals surface area contributed by atoms with Gasteiger partial charge in [0, 0.05) is 16.5 Å². The van der Waals surface area contributed by atoms with Gasteiger partial charge >= 0.3 is 11.9 Å². The fourth-order valence-electron chi connectivity index (χ4n) is 5.93. The Kier molecular flexibility index (Phi) is 8.06. The highest BCUT2D eigenvalue weighted by molar-refractivity contribution is 5.78. The Labute approximate surface area is 221 Å². The molecule has 0 fully saturated rings. The summed E-state index contributed by atoms with van der Waals surface area (Å²) in [5.74, 6) is 0.834. The highest BCUT2D eigenvalue weighted by Gasteiger charge is 2.48.